The fraction of sp³-hybridized carbons (Fsp3) is 0.893. The molecule has 0 radical (unpaired) electrons. The summed E-state index contributed by atoms with van der Waals surface area (Å²) < 4.78 is 17.2. The standard InChI is InChI=1S/C28H47N5O4S/c1-7-18-15-28(18,23(36)31-38(37)32-13-8-9-14-32)30-21(34)19-16-27(25(5,6)26(27)11-10-12-26)17-33(19)22(35)20(29)24(2,3)4/h18-20H,7-17,29H2,1-6H3,(H,30,34)(H,31,36). The van der Waals surface area contributed by atoms with Crippen molar-refractivity contribution in [2.45, 2.75) is 111 Å². The predicted molar refractivity (Wildman–Crippen MR) is 146 cm³/mol. The van der Waals surface area contributed by atoms with Crippen LogP contribution in [0.25, 0.3) is 0 Å². The molecule has 3 aliphatic carbocycles. The average molecular weight is 550 g/mol. The Morgan fingerprint density at radius 3 is 2.16 bits per heavy atom. The summed E-state index contributed by atoms with van der Waals surface area (Å²) >= 11 is -1.61. The number of likely N-dealkylation sites (tertiary alicyclic amines) is 1. The van der Waals surface area contributed by atoms with E-state index in [1.165, 1.54) is 6.42 Å². The van der Waals surface area contributed by atoms with Crippen LogP contribution >= 0.6 is 0 Å². The first-order valence-corrected chi connectivity index (χ1v) is 15.6. The Bertz CT molecular complexity index is 1050. The van der Waals surface area contributed by atoms with Gasteiger partial charge in [-0.3, -0.25) is 19.1 Å². The zero-order valence-electron chi connectivity index (χ0n) is 24.0. The number of nitrogens with two attached hydrogens (primary N) is 1. The van der Waals surface area contributed by atoms with Gasteiger partial charge in [0.25, 0.3) is 5.91 Å². The molecule has 2 heterocycles. The van der Waals surface area contributed by atoms with Crippen LogP contribution in [0.4, 0.5) is 0 Å². The SMILES string of the molecule is CCC1CC1(NC(=O)C1CC2(CN1C(=O)C(N)C(C)(C)C)C(C)(C)C21CCC1)C(=O)NS(=O)N1CCCC1. The highest BCUT2D eigenvalue weighted by molar-refractivity contribution is 7.81. The first-order chi connectivity index (χ1) is 17.7. The predicted octanol–water partition coefficient (Wildman–Crippen LogP) is 2.23. The van der Waals surface area contributed by atoms with Gasteiger partial charge >= 0.3 is 0 Å². The van der Waals surface area contributed by atoms with Crippen LogP contribution in [0.15, 0.2) is 0 Å². The highest BCUT2D eigenvalue weighted by Crippen LogP contribution is 2.88. The Kier molecular flexibility index (Phi) is 6.63. The lowest BCUT2D eigenvalue weighted by Gasteiger charge is -2.34. The second-order valence-corrected chi connectivity index (χ2v) is 15.5. The number of fused-ring (bicyclic) bond motifs is 1. The molecule has 2 aliphatic heterocycles. The minimum absolute atomic E-state index is 0.0197. The summed E-state index contributed by atoms with van der Waals surface area (Å²) in [6.45, 7) is 14.3. The summed E-state index contributed by atoms with van der Waals surface area (Å²) in [5.74, 6) is -0.884. The second-order valence-electron chi connectivity index (χ2n) is 14.3. The Balaban J connectivity index is 1.38. The Labute approximate surface area is 230 Å². The van der Waals surface area contributed by atoms with Crippen LogP contribution in [-0.4, -0.2) is 68.4 Å². The Hall–Kier alpha value is -1.52. The van der Waals surface area contributed by atoms with Crippen molar-refractivity contribution in [3.05, 3.63) is 0 Å². The van der Waals surface area contributed by atoms with E-state index in [2.05, 4.69) is 23.9 Å². The number of nitrogens with zero attached hydrogens (tertiary/aromatic N) is 2. The second kappa shape index (κ2) is 8.99. The molecule has 6 unspecified atom stereocenters. The number of carbonyl (C=O) groups is 3. The van der Waals surface area contributed by atoms with E-state index >= 15 is 0 Å². The van der Waals surface area contributed by atoms with Crippen LogP contribution in [0.3, 0.4) is 0 Å². The van der Waals surface area contributed by atoms with Crippen molar-refractivity contribution in [2.24, 2.45) is 33.3 Å². The normalized spacial score (nSPS) is 36.6. The van der Waals surface area contributed by atoms with Crippen molar-refractivity contribution < 1.29 is 18.6 Å². The van der Waals surface area contributed by atoms with Crippen molar-refractivity contribution in [2.75, 3.05) is 19.6 Å². The van der Waals surface area contributed by atoms with Crippen molar-refractivity contribution >= 4 is 28.9 Å². The van der Waals surface area contributed by atoms with E-state index < -0.39 is 34.2 Å². The smallest absolute Gasteiger partial charge is 0.258 e. The molecule has 2 spiro atoms. The van der Waals surface area contributed by atoms with Gasteiger partial charge in [0, 0.05) is 25.0 Å². The molecule has 3 saturated carbocycles. The number of hydrogen-bond donors (Lipinski definition) is 3. The molecule has 0 aromatic rings. The zero-order chi connectivity index (χ0) is 27.9. The van der Waals surface area contributed by atoms with Crippen LogP contribution in [0.1, 0.15) is 92.9 Å². The van der Waals surface area contributed by atoms with Gasteiger partial charge in [-0.15, -0.1) is 0 Å². The number of rotatable bonds is 7. The van der Waals surface area contributed by atoms with E-state index in [1.807, 2.05) is 27.7 Å². The van der Waals surface area contributed by atoms with Crippen molar-refractivity contribution in [3.8, 4) is 0 Å². The molecular formula is C28H47N5O4S. The van der Waals surface area contributed by atoms with Crippen molar-refractivity contribution in [3.63, 3.8) is 0 Å². The first-order valence-electron chi connectivity index (χ1n) is 14.5. The van der Waals surface area contributed by atoms with E-state index in [4.69, 9.17) is 5.73 Å². The zero-order valence-corrected chi connectivity index (χ0v) is 24.8. The Morgan fingerprint density at radius 1 is 1.05 bits per heavy atom. The molecule has 0 bridgehead atoms. The van der Waals surface area contributed by atoms with Gasteiger partial charge in [-0.25, -0.2) is 8.51 Å². The molecule has 10 heteroatoms. The largest absolute Gasteiger partial charge is 0.340 e. The highest BCUT2D eigenvalue weighted by atomic mass is 32.2. The lowest BCUT2D eigenvalue weighted by molar-refractivity contribution is -0.142. The van der Waals surface area contributed by atoms with Gasteiger partial charge in [0.2, 0.25) is 11.8 Å². The van der Waals surface area contributed by atoms with Gasteiger partial charge in [-0.2, -0.15) is 0 Å². The van der Waals surface area contributed by atoms with Gasteiger partial charge in [0.1, 0.15) is 11.6 Å². The number of amides is 3. The van der Waals surface area contributed by atoms with Crippen LogP contribution in [0, 0.1) is 27.6 Å². The van der Waals surface area contributed by atoms with E-state index in [0.29, 0.717) is 32.5 Å². The fourth-order valence-electron chi connectivity index (χ4n) is 8.32. The molecule has 38 heavy (non-hydrogen) atoms. The van der Waals surface area contributed by atoms with E-state index in [9.17, 15) is 18.6 Å². The number of nitrogens with one attached hydrogen (secondary N) is 2. The van der Waals surface area contributed by atoms with E-state index in [1.54, 1.807) is 9.21 Å². The maximum atomic E-state index is 14.0. The molecule has 6 atom stereocenters. The summed E-state index contributed by atoms with van der Waals surface area (Å²) in [5.41, 5.74) is 5.05. The summed E-state index contributed by atoms with van der Waals surface area (Å²) in [6.07, 6.45) is 7.22. The van der Waals surface area contributed by atoms with Crippen LogP contribution < -0.4 is 15.8 Å². The van der Waals surface area contributed by atoms with Crippen molar-refractivity contribution in [1.29, 1.82) is 0 Å². The van der Waals surface area contributed by atoms with Crippen molar-refractivity contribution in [1.82, 2.24) is 19.2 Å². The fourth-order valence-corrected chi connectivity index (χ4v) is 9.38. The van der Waals surface area contributed by atoms with Gasteiger partial charge in [-0.1, -0.05) is 54.4 Å². The first kappa shape index (κ1) is 28.0. The molecule has 2 saturated heterocycles. The molecule has 0 aromatic carbocycles. The number of carbonyl (C=O) groups excluding carboxylic acids is 3. The maximum absolute atomic E-state index is 14.0. The summed E-state index contributed by atoms with van der Waals surface area (Å²) in [4.78, 5) is 43.0. The highest BCUT2D eigenvalue weighted by Gasteiger charge is 2.85. The minimum atomic E-state index is -1.61. The summed E-state index contributed by atoms with van der Waals surface area (Å²) in [5, 5.41) is 3.09. The minimum Gasteiger partial charge on any atom is -0.340 e. The van der Waals surface area contributed by atoms with E-state index in [-0.39, 0.29) is 39.9 Å². The van der Waals surface area contributed by atoms with Crippen LogP contribution in [-0.2, 0) is 25.6 Å². The van der Waals surface area contributed by atoms with Gasteiger partial charge < -0.3 is 16.0 Å². The third-order valence-corrected chi connectivity index (χ3v) is 12.6. The van der Waals surface area contributed by atoms with Crippen LogP contribution in [0.5, 0.6) is 0 Å². The van der Waals surface area contributed by atoms with Gasteiger partial charge in [0.15, 0.2) is 11.2 Å². The molecule has 4 N–H and O–H groups in total. The number of hydrogen-bond acceptors (Lipinski definition) is 5. The lowest BCUT2D eigenvalue weighted by Crippen LogP contribution is -2.59. The Morgan fingerprint density at radius 2 is 1.68 bits per heavy atom. The average Bonchev–Trinajstić information content (AvgIpc) is 3.31. The van der Waals surface area contributed by atoms with Gasteiger partial charge in [-0.05, 0) is 60.7 Å². The quantitative estimate of drug-likeness (QED) is 0.449. The molecule has 5 fully saturated rings. The molecule has 3 amide bonds. The van der Waals surface area contributed by atoms with E-state index in [0.717, 1.165) is 32.1 Å². The third kappa shape index (κ3) is 3.83. The van der Waals surface area contributed by atoms with Gasteiger partial charge in [0.05, 0.1) is 6.04 Å². The molecular weight excluding hydrogens is 502 g/mol. The van der Waals surface area contributed by atoms with Crippen LogP contribution in [0.2, 0.25) is 0 Å². The molecule has 5 rings (SSSR count). The molecule has 5 aliphatic rings. The molecule has 214 valence electrons. The summed E-state index contributed by atoms with van der Waals surface area (Å²) in [6, 6.07) is -1.39. The third-order valence-electron chi connectivity index (χ3n) is 11.4. The molecule has 9 nitrogen and oxygen atoms in total. The monoisotopic (exact) mass is 549 g/mol. The topological polar surface area (TPSA) is 125 Å². The lowest BCUT2D eigenvalue weighted by atomic mass is 9.73. The summed E-state index contributed by atoms with van der Waals surface area (Å²) in [7, 11) is 0. The molecule has 0 aromatic heterocycles. The maximum Gasteiger partial charge on any atom is 0.258 e.